The fourth-order valence-corrected chi connectivity index (χ4v) is 2.62. The molecule has 0 atom stereocenters. The van der Waals surface area contributed by atoms with E-state index >= 15 is 0 Å². The Hall–Kier alpha value is -0.730. The van der Waals surface area contributed by atoms with Crippen LogP contribution in [0.4, 0.5) is 0 Å². The SMILES string of the molecule is ClCc1ccccc1OCCN1CCCCCC1. The number of benzene rings is 1. The Balaban J connectivity index is 1.77. The van der Waals surface area contributed by atoms with Gasteiger partial charge in [0.1, 0.15) is 12.4 Å². The van der Waals surface area contributed by atoms with E-state index in [-0.39, 0.29) is 0 Å². The average molecular weight is 268 g/mol. The molecule has 18 heavy (non-hydrogen) atoms. The Kier molecular flexibility index (Phi) is 5.82. The van der Waals surface area contributed by atoms with Gasteiger partial charge in [0.25, 0.3) is 0 Å². The van der Waals surface area contributed by atoms with Crippen LogP contribution in [0.25, 0.3) is 0 Å². The summed E-state index contributed by atoms with van der Waals surface area (Å²) in [4.78, 5) is 2.51. The van der Waals surface area contributed by atoms with Crippen molar-refractivity contribution in [1.29, 1.82) is 0 Å². The minimum atomic E-state index is 0.514. The fourth-order valence-electron chi connectivity index (χ4n) is 2.40. The van der Waals surface area contributed by atoms with Gasteiger partial charge in [-0.15, -0.1) is 11.6 Å². The second-order valence-corrected chi connectivity index (χ2v) is 5.11. The molecule has 0 aromatic heterocycles. The Bertz CT molecular complexity index is 348. The number of nitrogens with zero attached hydrogens (tertiary/aromatic N) is 1. The van der Waals surface area contributed by atoms with Crippen molar-refractivity contribution < 1.29 is 4.74 Å². The molecule has 1 saturated heterocycles. The smallest absolute Gasteiger partial charge is 0.123 e. The summed E-state index contributed by atoms with van der Waals surface area (Å²) in [6.07, 6.45) is 5.43. The quantitative estimate of drug-likeness (QED) is 0.755. The number of hydrogen-bond donors (Lipinski definition) is 0. The molecule has 1 aliphatic heterocycles. The third kappa shape index (κ3) is 4.18. The van der Waals surface area contributed by atoms with Gasteiger partial charge in [-0.2, -0.15) is 0 Å². The van der Waals surface area contributed by atoms with Crippen molar-refractivity contribution in [3.63, 3.8) is 0 Å². The van der Waals surface area contributed by atoms with Crippen molar-refractivity contribution in [2.75, 3.05) is 26.2 Å². The van der Waals surface area contributed by atoms with Crippen LogP contribution in [0.5, 0.6) is 5.75 Å². The normalized spacial score (nSPS) is 17.4. The highest BCUT2D eigenvalue weighted by Crippen LogP contribution is 2.19. The van der Waals surface area contributed by atoms with E-state index in [9.17, 15) is 0 Å². The van der Waals surface area contributed by atoms with Crippen LogP contribution >= 0.6 is 11.6 Å². The summed E-state index contributed by atoms with van der Waals surface area (Å²) < 4.78 is 5.85. The van der Waals surface area contributed by atoms with Crippen molar-refractivity contribution in [2.45, 2.75) is 31.6 Å². The second-order valence-electron chi connectivity index (χ2n) is 4.85. The maximum atomic E-state index is 5.89. The standard InChI is InChI=1S/C15H22ClNO/c16-13-14-7-3-4-8-15(14)18-12-11-17-9-5-1-2-6-10-17/h3-4,7-8H,1-2,5-6,9-13H2. The lowest BCUT2D eigenvalue weighted by Gasteiger charge is -2.20. The highest BCUT2D eigenvalue weighted by molar-refractivity contribution is 6.17. The van der Waals surface area contributed by atoms with Gasteiger partial charge in [-0.1, -0.05) is 31.0 Å². The van der Waals surface area contributed by atoms with Gasteiger partial charge < -0.3 is 4.74 Å². The van der Waals surface area contributed by atoms with E-state index in [2.05, 4.69) is 4.90 Å². The lowest BCUT2D eigenvalue weighted by molar-refractivity contribution is 0.213. The van der Waals surface area contributed by atoms with Gasteiger partial charge in [-0.25, -0.2) is 0 Å². The average Bonchev–Trinajstić information content (AvgIpc) is 2.68. The van der Waals surface area contributed by atoms with Crippen LogP contribution in [0.15, 0.2) is 24.3 Å². The van der Waals surface area contributed by atoms with E-state index < -0.39 is 0 Å². The van der Waals surface area contributed by atoms with Crippen molar-refractivity contribution in [3.05, 3.63) is 29.8 Å². The van der Waals surface area contributed by atoms with Crippen LogP contribution < -0.4 is 4.74 Å². The largest absolute Gasteiger partial charge is 0.492 e. The molecule has 0 amide bonds. The molecule has 0 bridgehead atoms. The third-order valence-corrected chi connectivity index (χ3v) is 3.77. The summed E-state index contributed by atoms with van der Waals surface area (Å²) in [5.74, 6) is 1.45. The van der Waals surface area contributed by atoms with Crippen LogP contribution in [-0.2, 0) is 5.88 Å². The highest BCUT2D eigenvalue weighted by Gasteiger charge is 2.09. The number of halogens is 1. The maximum Gasteiger partial charge on any atom is 0.123 e. The van der Waals surface area contributed by atoms with Crippen LogP contribution in [0.3, 0.4) is 0 Å². The zero-order valence-corrected chi connectivity index (χ0v) is 11.7. The molecule has 1 aromatic carbocycles. The van der Waals surface area contributed by atoms with E-state index in [1.807, 2.05) is 24.3 Å². The van der Waals surface area contributed by atoms with Gasteiger partial charge in [-0.3, -0.25) is 4.90 Å². The van der Waals surface area contributed by atoms with Crippen LogP contribution in [0.2, 0.25) is 0 Å². The van der Waals surface area contributed by atoms with Gasteiger partial charge in [-0.05, 0) is 32.0 Å². The molecule has 0 aliphatic carbocycles. The Morgan fingerprint density at radius 2 is 1.78 bits per heavy atom. The summed E-state index contributed by atoms with van der Waals surface area (Å²) in [6, 6.07) is 8.02. The maximum absolute atomic E-state index is 5.89. The number of para-hydroxylation sites is 1. The zero-order chi connectivity index (χ0) is 12.6. The van der Waals surface area contributed by atoms with E-state index in [1.54, 1.807) is 0 Å². The first-order valence-electron chi connectivity index (χ1n) is 6.89. The molecule has 2 rings (SSSR count). The predicted octanol–water partition coefficient (Wildman–Crippen LogP) is 3.68. The molecular weight excluding hydrogens is 246 g/mol. The molecule has 1 aromatic rings. The molecule has 2 nitrogen and oxygen atoms in total. The van der Waals surface area contributed by atoms with Crippen LogP contribution in [0.1, 0.15) is 31.2 Å². The molecule has 0 spiro atoms. The number of likely N-dealkylation sites (tertiary alicyclic amines) is 1. The van der Waals surface area contributed by atoms with Gasteiger partial charge in [0, 0.05) is 12.1 Å². The third-order valence-electron chi connectivity index (χ3n) is 3.48. The van der Waals surface area contributed by atoms with Crippen LogP contribution in [-0.4, -0.2) is 31.1 Å². The molecular formula is C15H22ClNO. The Morgan fingerprint density at radius 1 is 1.06 bits per heavy atom. The van der Waals surface area contributed by atoms with Gasteiger partial charge in [0.2, 0.25) is 0 Å². The van der Waals surface area contributed by atoms with Crippen molar-refractivity contribution in [2.24, 2.45) is 0 Å². The second kappa shape index (κ2) is 7.65. The summed E-state index contributed by atoms with van der Waals surface area (Å²) in [5.41, 5.74) is 1.08. The van der Waals surface area contributed by atoms with Gasteiger partial charge in [0.05, 0.1) is 5.88 Å². The van der Waals surface area contributed by atoms with E-state index in [0.717, 1.165) is 24.5 Å². The number of ether oxygens (including phenoxy) is 1. The molecule has 0 saturated carbocycles. The van der Waals surface area contributed by atoms with E-state index in [1.165, 1.54) is 38.8 Å². The van der Waals surface area contributed by atoms with E-state index in [4.69, 9.17) is 16.3 Å². The molecule has 1 aliphatic rings. The number of alkyl halides is 1. The molecule has 3 heteroatoms. The lowest BCUT2D eigenvalue weighted by atomic mass is 10.2. The first-order chi connectivity index (χ1) is 8.90. The molecule has 1 fully saturated rings. The zero-order valence-electron chi connectivity index (χ0n) is 10.9. The van der Waals surface area contributed by atoms with Crippen LogP contribution in [0, 0.1) is 0 Å². The topological polar surface area (TPSA) is 12.5 Å². The Labute approximate surface area is 115 Å². The monoisotopic (exact) mass is 267 g/mol. The van der Waals surface area contributed by atoms with Gasteiger partial charge >= 0.3 is 0 Å². The fraction of sp³-hybridized carbons (Fsp3) is 0.600. The highest BCUT2D eigenvalue weighted by atomic mass is 35.5. The van der Waals surface area contributed by atoms with Gasteiger partial charge in [0.15, 0.2) is 0 Å². The molecule has 0 radical (unpaired) electrons. The summed E-state index contributed by atoms with van der Waals surface area (Å²) in [5, 5.41) is 0. The molecule has 100 valence electrons. The Morgan fingerprint density at radius 3 is 2.50 bits per heavy atom. The minimum Gasteiger partial charge on any atom is -0.492 e. The predicted molar refractivity (Wildman–Crippen MR) is 76.4 cm³/mol. The summed E-state index contributed by atoms with van der Waals surface area (Å²) in [7, 11) is 0. The van der Waals surface area contributed by atoms with Crippen molar-refractivity contribution >= 4 is 11.6 Å². The summed E-state index contributed by atoms with van der Waals surface area (Å²) in [6.45, 7) is 4.23. The molecule has 0 unspecified atom stereocenters. The summed E-state index contributed by atoms with van der Waals surface area (Å²) >= 11 is 5.89. The number of hydrogen-bond acceptors (Lipinski definition) is 2. The number of rotatable bonds is 5. The van der Waals surface area contributed by atoms with Crippen molar-refractivity contribution in [3.8, 4) is 5.75 Å². The minimum absolute atomic E-state index is 0.514. The van der Waals surface area contributed by atoms with Crippen molar-refractivity contribution in [1.82, 2.24) is 4.90 Å². The lowest BCUT2D eigenvalue weighted by Crippen LogP contribution is -2.29. The molecule has 1 heterocycles. The first-order valence-corrected chi connectivity index (χ1v) is 7.42. The first kappa shape index (κ1) is 13.7. The van der Waals surface area contributed by atoms with E-state index in [0.29, 0.717) is 5.88 Å². The molecule has 0 N–H and O–H groups in total.